The quantitative estimate of drug-likeness (QED) is 0.836. The van der Waals surface area contributed by atoms with Crippen molar-refractivity contribution in [2.24, 2.45) is 0 Å². The van der Waals surface area contributed by atoms with Gasteiger partial charge in [-0.2, -0.15) is 0 Å². The van der Waals surface area contributed by atoms with Crippen LogP contribution in [0.5, 0.6) is 5.75 Å². The van der Waals surface area contributed by atoms with Crippen LogP contribution in [0, 0.1) is 5.82 Å². The summed E-state index contributed by atoms with van der Waals surface area (Å²) in [4.78, 5) is 13.9. The molecule has 21 heavy (non-hydrogen) atoms. The van der Waals surface area contributed by atoms with Crippen molar-refractivity contribution >= 4 is 21.8 Å². The Bertz CT molecular complexity index is 660. The zero-order valence-electron chi connectivity index (χ0n) is 11.8. The van der Waals surface area contributed by atoms with Crippen LogP contribution in [0.15, 0.2) is 46.9 Å². The Hall–Kier alpha value is -1.88. The maximum Gasteiger partial charge on any atom is 0.253 e. The summed E-state index contributed by atoms with van der Waals surface area (Å²) in [6.45, 7) is 0.449. The molecule has 0 spiro atoms. The Balaban J connectivity index is 2.13. The molecule has 5 heteroatoms. The number of hydrogen-bond donors (Lipinski definition) is 0. The molecule has 0 aromatic heterocycles. The molecule has 0 heterocycles. The minimum absolute atomic E-state index is 0.168. The monoisotopic (exact) mass is 351 g/mol. The lowest BCUT2D eigenvalue weighted by atomic mass is 10.1. The summed E-state index contributed by atoms with van der Waals surface area (Å²) in [6, 6.07) is 11.8. The largest absolute Gasteiger partial charge is 0.497 e. The van der Waals surface area contributed by atoms with Gasteiger partial charge in [0.2, 0.25) is 0 Å². The van der Waals surface area contributed by atoms with E-state index in [9.17, 15) is 9.18 Å². The molecule has 3 nitrogen and oxygen atoms in total. The van der Waals surface area contributed by atoms with Gasteiger partial charge in [0.25, 0.3) is 5.91 Å². The molecule has 0 radical (unpaired) electrons. The first-order valence-electron chi connectivity index (χ1n) is 6.34. The van der Waals surface area contributed by atoms with E-state index in [0.717, 1.165) is 11.3 Å². The van der Waals surface area contributed by atoms with Gasteiger partial charge in [0, 0.05) is 19.2 Å². The van der Waals surface area contributed by atoms with Gasteiger partial charge in [0.05, 0.1) is 11.6 Å². The number of methoxy groups -OCH3 is 1. The average Bonchev–Trinajstić information content (AvgIpc) is 2.49. The third kappa shape index (κ3) is 3.82. The highest BCUT2D eigenvalue weighted by molar-refractivity contribution is 9.10. The lowest BCUT2D eigenvalue weighted by molar-refractivity contribution is 0.0785. The van der Waals surface area contributed by atoms with Crippen LogP contribution in [-0.2, 0) is 6.54 Å². The maximum absolute atomic E-state index is 13.2. The van der Waals surface area contributed by atoms with Gasteiger partial charge < -0.3 is 9.64 Å². The SMILES string of the molecule is COc1cccc(CN(C)C(=O)c2ccc(F)c(Br)c2)c1. The summed E-state index contributed by atoms with van der Waals surface area (Å²) < 4.78 is 18.6. The van der Waals surface area contributed by atoms with E-state index in [1.165, 1.54) is 18.2 Å². The van der Waals surface area contributed by atoms with E-state index in [4.69, 9.17) is 4.74 Å². The molecule has 1 amide bonds. The summed E-state index contributed by atoms with van der Waals surface area (Å²) >= 11 is 3.09. The number of carbonyl (C=O) groups is 1. The molecule has 0 bridgehead atoms. The predicted octanol–water partition coefficient (Wildman–Crippen LogP) is 3.87. The molecule has 0 N–H and O–H groups in total. The van der Waals surface area contributed by atoms with Gasteiger partial charge in [-0.25, -0.2) is 4.39 Å². The van der Waals surface area contributed by atoms with Crippen LogP contribution < -0.4 is 4.74 Å². The van der Waals surface area contributed by atoms with E-state index in [1.807, 2.05) is 24.3 Å². The smallest absolute Gasteiger partial charge is 0.253 e. The highest BCUT2D eigenvalue weighted by atomic mass is 79.9. The van der Waals surface area contributed by atoms with Crippen LogP contribution in [0.25, 0.3) is 0 Å². The molecule has 0 aliphatic heterocycles. The Labute approximate surface area is 131 Å². The van der Waals surface area contributed by atoms with Crippen LogP contribution in [0.1, 0.15) is 15.9 Å². The Morgan fingerprint density at radius 3 is 2.71 bits per heavy atom. The fraction of sp³-hybridized carbons (Fsp3) is 0.188. The lowest BCUT2D eigenvalue weighted by Crippen LogP contribution is -2.26. The normalized spacial score (nSPS) is 10.3. The third-order valence-electron chi connectivity index (χ3n) is 3.07. The zero-order valence-corrected chi connectivity index (χ0v) is 13.4. The molecule has 0 unspecified atom stereocenters. The summed E-state index contributed by atoms with van der Waals surface area (Å²) in [5.74, 6) is 0.193. The Morgan fingerprint density at radius 1 is 1.29 bits per heavy atom. The van der Waals surface area contributed by atoms with Crippen molar-refractivity contribution in [2.45, 2.75) is 6.54 Å². The molecular formula is C16H15BrFNO2. The number of hydrogen-bond acceptors (Lipinski definition) is 2. The second-order valence-corrected chi connectivity index (χ2v) is 5.50. The van der Waals surface area contributed by atoms with Crippen molar-refractivity contribution in [3.63, 3.8) is 0 Å². The Morgan fingerprint density at radius 2 is 2.05 bits per heavy atom. The summed E-state index contributed by atoms with van der Waals surface area (Å²) in [7, 11) is 3.31. The predicted molar refractivity (Wildman–Crippen MR) is 82.9 cm³/mol. The van der Waals surface area contributed by atoms with E-state index in [1.54, 1.807) is 19.1 Å². The van der Waals surface area contributed by atoms with E-state index >= 15 is 0 Å². The summed E-state index contributed by atoms with van der Waals surface area (Å²) in [5, 5.41) is 0. The minimum atomic E-state index is -0.387. The standard InChI is InChI=1S/C16H15BrFNO2/c1-19(10-11-4-3-5-13(8-11)21-2)16(20)12-6-7-15(18)14(17)9-12/h3-9H,10H2,1-2H3. The number of halogens is 2. The Kier molecular flexibility index (Phi) is 4.96. The molecule has 0 aliphatic rings. The van der Waals surface area contributed by atoms with Gasteiger partial charge in [-0.05, 0) is 51.8 Å². The van der Waals surface area contributed by atoms with Crippen LogP contribution in [0.2, 0.25) is 0 Å². The molecule has 0 fully saturated rings. The molecule has 2 aromatic carbocycles. The minimum Gasteiger partial charge on any atom is -0.497 e. The maximum atomic E-state index is 13.2. The van der Waals surface area contributed by atoms with Crippen molar-refractivity contribution in [2.75, 3.05) is 14.2 Å². The van der Waals surface area contributed by atoms with E-state index in [0.29, 0.717) is 12.1 Å². The van der Waals surface area contributed by atoms with Crippen molar-refractivity contribution in [3.8, 4) is 5.75 Å². The van der Waals surface area contributed by atoms with Crippen LogP contribution in [0.3, 0.4) is 0 Å². The molecule has 0 aliphatic carbocycles. The number of amides is 1. The van der Waals surface area contributed by atoms with Crippen molar-refractivity contribution in [1.82, 2.24) is 4.90 Å². The van der Waals surface area contributed by atoms with E-state index < -0.39 is 0 Å². The number of nitrogens with zero attached hydrogens (tertiary/aromatic N) is 1. The number of carbonyl (C=O) groups excluding carboxylic acids is 1. The first-order valence-corrected chi connectivity index (χ1v) is 7.14. The van der Waals surface area contributed by atoms with E-state index in [2.05, 4.69) is 15.9 Å². The number of ether oxygens (including phenoxy) is 1. The first-order chi connectivity index (χ1) is 10.0. The van der Waals surface area contributed by atoms with Crippen molar-refractivity contribution < 1.29 is 13.9 Å². The second kappa shape index (κ2) is 6.72. The molecule has 110 valence electrons. The summed E-state index contributed by atoms with van der Waals surface area (Å²) in [6.07, 6.45) is 0. The fourth-order valence-corrected chi connectivity index (χ4v) is 2.34. The van der Waals surface area contributed by atoms with Crippen molar-refractivity contribution in [3.05, 3.63) is 63.9 Å². The molecule has 2 aromatic rings. The second-order valence-electron chi connectivity index (χ2n) is 4.64. The van der Waals surface area contributed by atoms with Gasteiger partial charge in [-0.1, -0.05) is 12.1 Å². The first kappa shape index (κ1) is 15.5. The lowest BCUT2D eigenvalue weighted by Gasteiger charge is -2.18. The van der Waals surface area contributed by atoms with E-state index in [-0.39, 0.29) is 16.2 Å². The number of rotatable bonds is 4. The van der Waals surface area contributed by atoms with Crippen LogP contribution in [-0.4, -0.2) is 25.0 Å². The molecule has 2 rings (SSSR count). The van der Waals surface area contributed by atoms with Gasteiger partial charge in [0.15, 0.2) is 0 Å². The zero-order chi connectivity index (χ0) is 15.4. The van der Waals surface area contributed by atoms with Gasteiger partial charge in [0.1, 0.15) is 11.6 Å². The van der Waals surface area contributed by atoms with Gasteiger partial charge in [-0.15, -0.1) is 0 Å². The number of benzene rings is 2. The molecule has 0 saturated carbocycles. The van der Waals surface area contributed by atoms with Crippen molar-refractivity contribution in [1.29, 1.82) is 0 Å². The highest BCUT2D eigenvalue weighted by Crippen LogP contribution is 2.19. The topological polar surface area (TPSA) is 29.5 Å². The fourth-order valence-electron chi connectivity index (χ4n) is 1.97. The highest BCUT2D eigenvalue weighted by Gasteiger charge is 2.14. The molecular weight excluding hydrogens is 337 g/mol. The third-order valence-corrected chi connectivity index (χ3v) is 3.67. The van der Waals surface area contributed by atoms with Gasteiger partial charge in [-0.3, -0.25) is 4.79 Å². The van der Waals surface area contributed by atoms with Gasteiger partial charge >= 0.3 is 0 Å². The average molecular weight is 352 g/mol. The summed E-state index contributed by atoms with van der Waals surface area (Å²) in [5.41, 5.74) is 1.40. The van der Waals surface area contributed by atoms with Crippen LogP contribution >= 0.6 is 15.9 Å². The molecule has 0 atom stereocenters. The molecule has 0 saturated heterocycles. The van der Waals surface area contributed by atoms with Crippen LogP contribution in [0.4, 0.5) is 4.39 Å².